The standard InChI is InChI=1S/C11H12N4O3S/c1-8(16)14-9-2-4-10(5-3-9)15-19(17,18)11-6-12-13-7-11/h2-7,15H,1H3,(H,12,13)(H,14,16). The second-order valence-electron chi connectivity index (χ2n) is 3.80. The Morgan fingerprint density at radius 3 is 2.37 bits per heavy atom. The van der Waals surface area contributed by atoms with Crippen molar-refractivity contribution in [2.75, 3.05) is 10.0 Å². The van der Waals surface area contributed by atoms with Gasteiger partial charge >= 0.3 is 0 Å². The highest BCUT2D eigenvalue weighted by molar-refractivity contribution is 7.92. The van der Waals surface area contributed by atoms with Crippen LogP contribution in [0.1, 0.15) is 6.92 Å². The highest BCUT2D eigenvalue weighted by Crippen LogP contribution is 2.17. The summed E-state index contributed by atoms with van der Waals surface area (Å²) >= 11 is 0. The van der Waals surface area contributed by atoms with E-state index in [1.165, 1.54) is 19.3 Å². The van der Waals surface area contributed by atoms with Crippen LogP contribution in [0.3, 0.4) is 0 Å². The van der Waals surface area contributed by atoms with Crippen LogP contribution < -0.4 is 10.0 Å². The number of hydrogen-bond acceptors (Lipinski definition) is 4. The van der Waals surface area contributed by atoms with Crippen molar-refractivity contribution >= 4 is 27.3 Å². The van der Waals surface area contributed by atoms with Gasteiger partial charge in [0.2, 0.25) is 5.91 Å². The van der Waals surface area contributed by atoms with Gasteiger partial charge in [-0.1, -0.05) is 0 Å². The summed E-state index contributed by atoms with van der Waals surface area (Å²) in [5.41, 5.74) is 0.995. The van der Waals surface area contributed by atoms with Crippen LogP contribution in [0.5, 0.6) is 0 Å². The molecule has 3 N–H and O–H groups in total. The lowest BCUT2D eigenvalue weighted by Crippen LogP contribution is -2.12. The van der Waals surface area contributed by atoms with E-state index in [0.717, 1.165) is 0 Å². The maximum atomic E-state index is 11.9. The highest BCUT2D eigenvalue weighted by atomic mass is 32.2. The van der Waals surface area contributed by atoms with E-state index in [9.17, 15) is 13.2 Å². The third-order valence-electron chi connectivity index (χ3n) is 2.24. The molecule has 8 heteroatoms. The normalized spacial score (nSPS) is 11.0. The lowest BCUT2D eigenvalue weighted by atomic mass is 10.3. The van der Waals surface area contributed by atoms with E-state index in [2.05, 4.69) is 20.2 Å². The monoisotopic (exact) mass is 280 g/mol. The molecule has 0 fully saturated rings. The third-order valence-corrected chi connectivity index (χ3v) is 3.59. The number of amides is 1. The summed E-state index contributed by atoms with van der Waals surface area (Å²) in [7, 11) is -3.64. The number of sulfonamides is 1. The van der Waals surface area contributed by atoms with Crippen molar-refractivity contribution in [1.82, 2.24) is 10.2 Å². The fraction of sp³-hybridized carbons (Fsp3) is 0.0909. The van der Waals surface area contributed by atoms with Crippen LogP contribution in [0.15, 0.2) is 41.6 Å². The van der Waals surface area contributed by atoms with E-state index in [1.807, 2.05) is 0 Å². The summed E-state index contributed by atoms with van der Waals surface area (Å²) in [4.78, 5) is 10.9. The molecular weight excluding hydrogens is 268 g/mol. The number of nitrogens with one attached hydrogen (secondary N) is 3. The van der Waals surface area contributed by atoms with Crippen molar-refractivity contribution in [1.29, 1.82) is 0 Å². The molecule has 0 unspecified atom stereocenters. The number of benzene rings is 1. The smallest absolute Gasteiger partial charge is 0.265 e. The molecule has 1 heterocycles. The molecule has 19 heavy (non-hydrogen) atoms. The molecule has 0 atom stereocenters. The molecule has 0 spiro atoms. The van der Waals surface area contributed by atoms with Crippen molar-refractivity contribution < 1.29 is 13.2 Å². The third kappa shape index (κ3) is 3.32. The van der Waals surface area contributed by atoms with Gasteiger partial charge < -0.3 is 5.32 Å². The zero-order chi connectivity index (χ0) is 13.9. The molecule has 0 saturated heterocycles. The van der Waals surface area contributed by atoms with E-state index in [-0.39, 0.29) is 10.8 Å². The quantitative estimate of drug-likeness (QED) is 0.781. The highest BCUT2D eigenvalue weighted by Gasteiger charge is 2.14. The Balaban J connectivity index is 2.14. The minimum absolute atomic E-state index is 0.0541. The average molecular weight is 280 g/mol. The molecule has 1 aromatic carbocycles. The Morgan fingerprint density at radius 2 is 1.84 bits per heavy atom. The number of H-pyrrole nitrogens is 1. The molecule has 100 valence electrons. The molecular formula is C11H12N4O3S. The lowest BCUT2D eigenvalue weighted by molar-refractivity contribution is -0.114. The SMILES string of the molecule is CC(=O)Nc1ccc(NS(=O)(=O)c2cn[nH]c2)cc1. The Hall–Kier alpha value is -2.35. The van der Waals surface area contributed by atoms with E-state index in [0.29, 0.717) is 11.4 Å². The van der Waals surface area contributed by atoms with E-state index in [1.54, 1.807) is 24.3 Å². The summed E-state index contributed by atoms with van der Waals surface area (Å²) in [6.07, 6.45) is 2.50. The van der Waals surface area contributed by atoms with E-state index in [4.69, 9.17) is 0 Å². The number of nitrogens with zero attached hydrogens (tertiary/aromatic N) is 1. The lowest BCUT2D eigenvalue weighted by Gasteiger charge is -2.07. The topological polar surface area (TPSA) is 104 Å². The number of hydrogen-bond donors (Lipinski definition) is 3. The van der Waals surface area contributed by atoms with Gasteiger partial charge in [-0.15, -0.1) is 0 Å². The molecule has 0 bridgehead atoms. The fourth-order valence-corrected chi connectivity index (χ4v) is 2.39. The molecule has 0 aliphatic rings. The first-order chi connectivity index (χ1) is 8.97. The summed E-state index contributed by atoms with van der Waals surface area (Å²) < 4.78 is 26.2. The van der Waals surface area contributed by atoms with Crippen molar-refractivity contribution in [2.45, 2.75) is 11.8 Å². The molecule has 7 nitrogen and oxygen atoms in total. The molecule has 0 aliphatic heterocycles. The molecule has 2 rings (SSSR count). The second kappa shape index (κ2) is 5.11. The van der Waals surface area contributed by atoms with Crippen molar-refractivity contribution in [3.8, 4) is 0 Å². The molecule has 1 aromatic heterocycles. The van der Waals surface area contributed by atoms with Crippen LogP contribution in [0, 0.1) is 0 Å². The van der Waals surface area contributed by atoms with Gasteiger partial charge in [0, 0.05) is 24.5 Å². The van der Waals surface area contributed by atoms with Crippen LogP contribution in [0.2, 0.25) is 0 Å². The summed E-state index contributed by atoms with van der Waals surface area (Å²) in [6, 6.07) is 6.33. The number of carbonyl (C=O) groups excluding carboxylic acids is 1. The Kier molecular flexibility index (Phi) is 3.52. The maximum absolute atomic E-state index is 11.9. The maximum Gasteiger partial charge on any atom is 0.265 e. The van der Waals surface area contributed by atoms with Gasteiger partial charge in [-0.25, -0.2) is 8.42 Å². The summed E-state index contributed by atoms with van der Waals surface area (Å²) in [6.45, 7) is 1.40. The number of rotatable bonds is 4. The zero-order valence-corrected chi connectivity index (χ0v) is 10.9. The largest absolute Gasteiger partial charge is 0.326 e. The van der Waals surface area contributed by atoms with Crippen LogP contribution in [-0.2, 0) is 14.8 Å². The molecule has 0 aliphatic carbocycles. The number of aromatic nitrogens is 2. The van der Waals surface area contributed by atoms with Crippen molar-refractivity contribution in [2.24, 2.45) is 0 Å². The summed E-state index contributed by atoms with van der Waals surface area (Å²) in [5, 5.41) is 8.61. The van der Waals surface area contributed by atoms with Gasteiger partial charge in [0.25, 0.3) is 10.0 Å². The molecule has 0 saturated carbocycles. The van der Waals surface area contributed by atoms with Crippen LogP contribution in [0.4, 0.5) is 11.4 Å². The first-order valence-electron chi connectivity index (χ1n) is 5.36. The van der Waals surface area contributed by atoms with Gasteiger partial charge in [-0.3, -0.25) is 14.6 Å². The molecule has 1 amide bonds. The number of anilines is 2. The van der Waals surface area contributed by atoms with Gasteiger partial charge in [0.1, 0.15) is 4.90 Å². The Labute approximate surface area is 110 Å². The van der Waals surface area contributed by atoms with Crippen LogP contribution >= 0.6 is 0 Å². The van der Waals surface area contributed by atoms with Gasteiger partial charge in [0.05, 0.1) is 6.20 Å². The number of carbonyl (C=O) groups is 1. The predicted octanol–water partition coefficient (Wildman–Crippen LogP) is 1.17. The van der Waals surface area contributed by atoms with Crippen molar-refractivity contribution in [3.05, 3.63) is 36.7 Å². The first-order valence-corrected chi connectivity index (χ1v) is 6.85. The average Bonchev–Trinajstić information content (AvgIpc) is 2.85. The zero-order valence-electron chi connectivity index (χ0n) is 10.0. The second-order valence-corrected chi connectivity index (χ2v) is 5.48. The predicted molar refractivity (Wildman–Crippen MR) is 70.1 cm³/mol. The molecule has 2 aromatic rings. The fourth-order valence-electron chi connectivity index (χ4n) is 1.42. The Morgan fingerprint density at radius 1 is 1.21 bits per heavy atom. The first kappa shape index (κ1) is 13.1. The molecule has 0 radical (unpaired) electrons. The van der Waals surface area contributed by atoms with E-state index >= 15 is 0 Å². The van der Waals surface area contributed by atoms with Crippen molar-refractivity contribution in [3.63, 3.8) is 0 Å². The van der Waals surface area contributed by atoms with Crippen LogP contribution in [-0.4, -0.2) is 24.5 Å². The van der Waals surface area contributed by atoms with Crippen LogP contribution in [0.25, 0.3) is 0 Å². The Bertz CT molecular complexity index is 662. The van der Waals surface area contributed by atoms with Gasteiger partial charge in [-0.2, -0.15) is 5.10 Å². The van der Waals surface area contributed by atoms with E-state index < -0.39 is 10.0 Å². The minimum Gasteiger partial charge on any atom is -0.326 e. The number of aromatic amines is 1. The van der Waals surface area contributed by atoms with Gasteiger partial charge in [-0.05, 0) is 24.3 Å². The minimum atomic E-state index is -3.64. The van der Waals surface area contributed by atoms with Gasteiger partial charge in [0.15, 0.2) is 0 Å². The summed E-state index contributed by atoms with van der Waals surface area (Å²) in [5.74, 6) is -0.188.